The molecule has 2 aromatic heterocycles. The van der Waals surface area contributed by atoms with Crippen LogP contribution in [-0.2, 0) is 22.6 Å². The monoisotopic (exact) mass is 437 g/mol. The van der Waals surface area contributed by atoms with Crippen LogP contribution in [0.25, 0.3) is 0 Å². The zero-order valence-electron chi connectivity index (χ0n) is 19.4. The third-order valence-corrected chi connectivity index (χ3v) is 5.15. The number of aromatic nitrogens is 6. The Kier molecular flexibility index (Phi) is 11.7. The van der Waals surface area contributed by atoms with E-state index in [1.54, 1.807) is 4.68 Å². The highest BCUT2D eigenvalue weighted by Gasteiger charge is 2.12. The van der Waals surface area contributed by atoms with E-state index in [1.807, 2.05) is 17.1 Å². The SMILES string of the molecule is CC(CCC(C)c1cn(CCOCCO)nn1)NCCOCCn1cc(C(C)C)nn1. The van der Waals surface area contributed by atoms with E-state index in [9.17, 15) is 0 Å². The summed E-state index contributed by atoms with van der Waals surface area (Å²) in [5.74, 6) is 0.748. The van der Waals surface area contributed by atoms with Gasteiger partial charge in [0.2, 0.25) is 0 Å². The second-order valence-corrected chi connectivity index (χ2v) is 8.25. The Bertz CT molecular complexity index is 719. The molecule has 0 aromatic carbocycles. The van der Waals surface area contributed by atoms with E-state index in [2.05, 4.69) is 53.6 Å². The Balaban J connectivity index is 1.52. The molecule has 2 heterocycles. The topological polar surface area (TPSA) is 112 Å². The lowest BCUT2D eigenvalue weighted by atomic mass is 10.00. The molecule has 10 heteroatoms. The molecule has 0 aliphatic heterocycles. The van der Waals surface area contributed by atoms with Gasteiger partial charge in [-0.15, -0.1) is 10.2 Å². The summed E-state index contributed by atoms with van der Waals surface area (Å²) in [6.45, 7) is 13.0. The molecular weight excluding hydrogens is 398 g/mol. The molecule has 0 saturated heterocycles. The van der Waals surface area contributed by atoms with Gasteiger partial charge in [-0.25, -0.2) is 9.36 Å². The normalized spacial score (nSPS) is 13.7. The molecule has 2 unspecified atom stereocenters. The van der Waals surface area contributed by atoms with Crippen LogP contribution in [0.1, 0.15) is 63.8 Å². The van der Waals surface area contributed by atoms with E-state index in [0.717, 1.165) is 37.3 Å². The van der Waals surface area contributed by atoms with E-state index in [1.165, 1.54) is 0 Å². The summed E-state index contributed by atoms with van der Waals surface area (Å²) in [7, 11) is 0. The second kappa shape index (κ2) is 14.2. The van der Waals surface area contributed by atoms with E-state index < -0.39 is 0 Å². The molecule has 10 nitrogen and oxygen atoms in total. The number of aliphatic hydroxyl groups excluding tert-OH is 1. The summed E-state index contributed by atoms with van der Waals surface area (Å²) in [5, 5.41) is 28.9. The Morgan fingerprint density at radius 2 is 1.48 bits per heavy atom. The molecule has 0 aliphatic rings. The van der Waals surface area contributed by atoms with Gasteiger partial charge in [-0.2, -0.15) is 0 Å². The molecule has 0 bridgehead atoms. The smallest absolute Gasteiger partial charge is 0.0855 e. The molecule has 176 valence electrons. The first kappa shape index (κ1) is 25.4. The van der Waals surface area contributed by atoms with Crippen LogP contribution in [0, 0.1) is 0 Å². The standard InChI is InChI=1S/C21H39N7O3/c1-17(2)20-15-27(25-23-20)8-12-30-11-7-22-19(4)6-5-18(3)21-16-28(26-24-21)9-13-31-14-10-29/h15-19,22,29H,5-14H2,1-4H3. The fraction of sp³-hybridized carbons (Fsp3) is 0.810. The lowest BCUT2D eigenvalue weighted by Crippen LogP contribution is -2.30. The van der Waals surface area contributed by atoms with Crippen molar-refractivity contribution in [3.8, 4) is 0 Å². The minimum atomic E-state index is 0.0418. The summed E-state index contributed by atoms with van der Waals surface area (Å²) in [4.78, 5) is 0. The average molecular weight is 438 g/mol. The van der Waals surface area contributed by atoms with Gasteiger partial charge in [0.05, 0.1) is 57.5 Å². The molecule has 2 rings (SSSR count). The Morgan fingerprint density at radius 3 is 2.10 bits per heavy atom. The summed E-state index contributed by atoms with van der Waals surface area (Å²) < 4.78 is 14.6. The van der Waals surface area contributed by atoms with Crippen LogP contribution in [0.4, 0.5) is 0 Å². The molecule has 0 saturated carbocycles. The quantitative estimate of drug-likeness (QED) is 0.359. The first-order valence-corrected chi connectivity index (χ1v) is 11.3. The molecule has 0 amide bonds. The average Bonchev–Trinajstić information content (AvgIpc) is 3.42. The number of ether oxygens (including phenoxy) is 2. The van der Waals surface area contributed by atoms with Gasteiger partial charge < -0.3 is 19.9 Å². The predicted octanol–water partition coefficient (Wildman–Crippen LogP) is 1.58. The van der Waals surface area contributed by atoms with Gasteiger partial charge in [-0.3, -0.25) is 0 Å². The maximum Gasteiger partial charge on any atom is 0.0855 e. The molecule has 0 fully saturated rings. The summed E-state index contributed by atoms with van der Waals surface area (Å²) in [5.41, 5.74) is 2.02. The zero-order chi connectivity index (χ0) is 22.5. The predicted molar refractivity (Wildman–Crippen MR) is 118 cm³/mol. The summed E-state index contributed by atoms with van der Waals surface area (Å²) in [6.07, 6.45) is 6.07. The molecule has 0 radical (unpaired) electrons. The van der Waals surface area contributed by atoms with Gasteiger partial charge in [0, 0.05) is 30.9 Å². The minimum Gasteiger partial charge on any atom is -0.394 e. The van der Waals surface area contributed by atoms with Crippen LogP contribution < -0.4 is 5.32 Å². The van der Waals surface area contributed by atoms with Crippen LogP contribution in [0.5, 0.6) is 0 Å². The van der Waals surface area contributed by atoms with E-state index in [4.69, 9.17) is 14.6 Å². The zero-order valence-corrected chi connectivity index (χ0v) is 19.4. The van der Waals surface area contributed by atoms with Crippen molar-refractivity contribution in [2.45, 2.75) is 71.5 Å². The highest BCUT2D eigenvalue weighted by atomic mass is 16.5. The van der Waals surface area contributed by atoms with Crippen LogP contribution in [0.15, 0.2) is 12.4 Å². The van der Waals surface area contributed by atoms with Crippen molar-refractivity contribution < 1.29 is 14.6 Å². The van der Waals surface area contributed by atoms with Gasteiger partial charge in [-0.05, 0) is 25.7 Å². The fourth-order valence-corrected chi connectivity index (χ4v) is 3.05. The Labute approximate surface area is 185 Å². The highest BCUT2D eigenvalue weighted by Crippen LogP contribution is 2.19. The molecule has 2 N–H and O–H groups in total. The number of hydrogen-bond donors (Lipinski definition) is 2. The molecule has 0 aliphatic carbocycles. The lowest BCUT2D eigenvalue weighted by Gasteiger charge is -2.16. The van der Waals surface area contributed by atoms with Crippen molar-refractivity contribution in [2.75, 3.05) is 39.6 Å². The van der Waals surface area contributed by atoms with Crippen LogP contribution in [0.2, 0.25) is 0 Å². The summed E-state index contributed by atoms with van der Waals surface area (Å²) in [6, 6.07) is 0.414. The van der Waals surface area contributed by atoms with Gasteiger partial charge in [0.15, 0.2) is 0 Å². The maximum absolute atomic E-state index is 8.72. The number of nitrogens with one attached hydrogen (secondary N) is 1. The minimum absolute atomic E-state index is 0.0418. The van der Waals surface area contributed by atoms with E-state index in [0.29, 0.717) is 50.8 Å². The number of aliphatic hydroxyl groups is 1. The van der Waals surface area contributed by atoms with Gasteiger partial charge in [0.1, 0.15) is 0 Å². The van der Waals surface area contributed by atoms with Crippen molar-refractivity contribution >= 4 is 0 Å². The molecular formula is C21H39N7O3. The van der Waals surface area contributed by atoms with Crippen molar-refractivity contribution in [1.82, 2.24) is 35.3 Å². The van der Waals surface area contributed by atoms with Crippen molar-refractivity contribution in [2.24, 2.45) is 0 Å². The van der Waals surface area contributed by atoms with Gasteiger partial charge in [-0.1, -0.05) is 31.2 Å². The molecule has 2 atom stereocenters. The molecule has 31 heavy (non-hydrogen) atoms. The van der Waals surface area contributed by atoms with Crippen molar-refractivity contribution in [1.29, 1.82) is 0 Å². The summed E-state index contributed by atoms with van der Waals surface area (Å²) >= 11 is 0. The largest absolute Gasteiger partial charge is 0.394 e. The third kappa shape index (κ3) is 9.86. The molecule has 0 spiro atoms. The van der Waals surface area contributed by atoms with Crippen LogP contribution in [-0.4, -0.2) is 80.7 Å². The van der Waals surface area contributed by atoms with Gasteiger partial charge >= 0.3 is 0 Å². The Morgan fingerprint density at radius 1 is 0.871 bits per heavy atom. The number of nitrogens with zero attached hydrogens (tertiary/aromatic N) is 6. The van der Waals surface area contributed by atoms with Crippen molar-refractivity contribution in [3.05, 3.63) is 23.8 Å². The van der Waals surface area contributed by atoms with E-state index >= 15 is 0 Å². The van der Waals surface area contributed by atoms with Crippen molar-refractivity contribution in [3.63, 3.8) is 0 Å². The number of hydrogen-bond acceptors (Lipinski definition) is 8. The molecule has 2 aromatic rings. The first-order chi connectivity index (χ1) is 15.0. The number of rotatable bonds is 17. The highest BCUT2D eigenvalue weighted by molar-refractivity contribution is 5.00. The van der Waals surface area contributed by atoms with Gasteiger partial charge in [0.25, 0.3) is 0 Å². The van der Waals surface area contributed by atoms with E-state index in [-0.39, 0.29) is 6.61 Å². The first-order valence-electron chi connectivity index (χ1n) is 11.3. The fourth-order valence-electron chi connectivity index (χ4n) is 3.05. The Hall–Kier alpha value is -1.88. The van der Waals surface area contributed by atoms with Crippen LogP contribution in [0.3, 0.4) is 0 Å². The third-order valence-electron chi connectivity index (χ3n) is 5.15. The lowest BCUT2D eigenvalue weighted by molar-refractivity contribution is 0.0851. The second-order valence-electron chi connectivity index (χ2n) is 8.25. The maximum atomic E-state index is 8.72. The van der Waals surface area contributed by atoms with Crippen LogP contribution >= 0.6 is 0 Å².